The van der Waals surface area contributed by atoms with Gasteiger partial charge in [0.1, 0.15) is 0 Å². The molecule has 2 heterocycles. The van der Waals surface area contributed by atoms with Gasteiger partial charge in [0.2, 0.25) is 0 Å². The molecule has 0 spiro atoms. The molecule has 1 saturated heterocycles. The minimum Gasteiger partial charge on any atom is -0.480 e. The lowest BCUT2D eigenvalue weighted by molar-refractivity contribution is -0.118. The summed E-state index contributed by atoms with van der Waals surface area (Å²) in [6.07, 6.45) is -0.158. The largest absolute Gasteiger partial charge is 0.480 e. The van der Waals surface area contributed by atoms with E-state index in [1.807, 2.05) is 0 Å². The van der Waals surface area contributed by atoms with Gasteiger partial charge < -0.3 is 30.2 Å². The molecule has 3 rings (SSSR count). The highest BCUT2D eigenvalue weighted by Gasteiger charge is 2.20. The molecule has 3 N–H and O–H groups in total. The number of amides is 3. The molecule has 0 saturated carbocycles. The summed E-state index contributed by atoms with van der Waals surface area (Å²) < 4.78 is 15.9. The van der Waals surface area contributed by atoms with Crippen molar-refractivity contribution in [1.29, 1.82) is 0 Å². The quantitative estimate of drug-likeness (QED) is 0.767. The first kappa shape index (κ1) is 15.9. The molecule has 1 aromatic carbocycles. The van der Waals surface area contributed by atoms with Gasteiger partial charge in [0.15, 0.2) is 12.4 Å². The van der Waals surface area contributed by atoms with E-state index >= 15 is 0 Å². The Morgan fingerprint density at radius 3 is 3.04 bits per heavy atom. The van der Waals surface area contributed by atoms with Gasteiger partial charge in [0.05, 0.1) is 36.6 Å². The maximum absolute atomic E-state index is 11.9. The van der Waals surface area contributed by atoms with Crippen molar-refractivity contribution >= 4 is 34.9 Å². The van der Waals surface area contributed by atoms with E-state index in [9.17, 15) is 9.59 Å². The SMILES string of the molecule is O=C1COc2c(Cl)cc(NC(=O)NC[C@@H]3COCCO3)cc2N1. The molecule has 1 aromatic rings. The van der Waals surface area contributed by atoms with Gasteiger partial charge >= 0.3 is 6.03 Å². The molecule has 2 aliphatic heterocycles. The third kappa shape index (κ3) is 4.04. The molecule has 0 aromatic heterocycles. The summed E-state index contributed by atoms with van der Waals surface area (Å²) in [4.78, 5) is 23.3. The van der Waals surface area contributed by atoms with Gasteiger partial charge in [-0.1, -0.05) is 11.6 Å². The molecular formula is C14H16ClN3O5. The van der Waals surface area contributed by atoms with E-state index in [0.29, 0.717) is 48.5 Å². The van der Waals surface area contributed by atoms with Crippen LogP contribution in [-0.2, 0) is 14.3 Å². The number of carbonyl (C=O) groups excluding carboxylic acids is 2. The third-order valence-electron chi connectivity index (χ3n) is 3.30. The zero-order valence-corrected chi connectivity index (χ0v) is 12.9. The molecule has 1 atom stereocenters. The molecule has 0 radical (unpaired) electrons. The van der Waals surface area contributed by atoms with Crippen LogP contribution >= 0.6 is 11.6 Å². The molecule has 0 bridgehead atoms. The highest BCUT2D eigenvalue weighted by Crippen LogP contribution is 2.38. The molecule has 124 valence electrons. The highest BCUT2D eigenvalue weighted by atomic mass is 35.5. The zero-order valence-electron chi connectivity index (χ0n) is 12.2. The average molecular weight is 342 g/mol. The standard InChI is InChI=1S/C14H16ClN3O5/c15-10-3-8(4-11-13(10)23-7-12(19)18-11)17-14(20)16-5-9-6-21-1-2-22-9/h3-4,9H,1-2,5-7H2,(H,18,19)(H2,16,17,20)/t9-/m1/s1. The van der Waals surface area contributed by atoms with Crippen molar-refractivity contribution in [3.05, 3.63) is 17.2 Å². The van der Waals surface area contributed by atoms with Crippen LogP contribution < -0.4 is 20.7 Å². The number of benzene rings is 1. The monoisotopic (exact) mass is 341 g/mol. The van der Waals surface area contributed by atoms with Crippen LogP contribution in [0.2, 0.25) is 5.02 Å². The first-order valence-corrected chi connectivity index (χ1v) is 7.50. The van der Waals surface area contributed by atoms with E-state index in [4.69, 9.17) is 25.8 Å². The Kier molecular flexibility index (Phi) is 4.85. The normalized spacial score (nSPS) is 20.0. The van der Waals surface area contributed by atoms with Crippen molar-refractivity contribution < 1.29 is 23.8 Å². The molecular weight excluding hydrogens is 326 g/mol. The summed E-state index contributed by atoms with van der Waals surface area (Å²) >= 11 is 6.09. The average Bonchev–Trinajstić information content (AvgIpc) is 2.53. The fourth-order valence-corrected chi connectivity index (χ4v) is 2.54. The first-order chi connectivity index (χ1) is 11.1. The molecule has 1 fully saturated rings. The summed E-state index contributed by atoms with van der Waals surface area (Å²) in [6.45, 7) is 1.81. The number of nitrogens with one attached hydrogen (secondary N) is 3. The Morgan fingerprint density at radius 2 is 2.26 bits per heavy atom. The van der Waals surface area contributed by atoms with Crippen molar-refractivity contribution in [2.24, 2.45) is 0 Å². The van der Waals surface area contributed by atoms with Gasteiger partial charge in [-0.25, -0.2) is 4.79 Å². The lowest BCUT2D eigenvalue weighted by atomic mass is 10.2. The second-order valence-corrected chi connectivity index (χ2v) is 5.48. The minimum absolute atomic E-state index is 0.0799. The van der Waals surface area contributed by atoms with Crippen LogP contribution in [0.4, 0.5) is 16.2 Å². The fourth-order valence-electron chi connectivity index (χ4n) is 2.27. The Hall–Kier alpha value is -2.03. The van der Waals surface area contributed by atoms with Gasteiger partial charge in [-0.3, -0.25) is 4.79 Å². The molecule has 23 heavy (non-hydrogen) atoms. The number of rotatable bonds is 3. The van der Waals surface area contributed by atoms with Gasteiger partial charge in [0, 0.05) is 12.2 Å². The van der Waals surface area contributed by atoms with Crippen LogP contribution in [0.3, 0.4) is 0 Å². The maximum atomic E-state index is 11.9. The second kappa shape index (κ2) is 7.03. The van der Waals surface area contributed by atoms with Crippen LogP contribution in [0.25, 0.3) is 0 Å². The summed E-state index contributed by atoms with van der Waals surface area (Å²) in [7, 11) is 0. The van der Waals surface area contributed by atoms with Gasteiger partial charge in [-0.15, -0.1) is 0 Å². The number of fused-ring (bicyclic) bond motifs is 1. The van der Waals surface area contributed by atoms with Gasteiger partial charge in [-0.05, 0) is 12.1 Å². The minimum atomic E-state index is -0.404. The van der Waals surface area contributed by atoms with Crippen LogP contribution in [0.5, 0.6) is 5.75 Å². The number of halogens is 1. The Morgan fingerprint density at radius 1 is 1.39 bits per heavy atom. The summed E-state index contributed by atoms with van der Waals surface area (Å²) in [5, 5.41) is 8.29. The Bertz CT molecular complexity index is 619. The summed E-state index contributed by atoms with van der Waals surface area (Å²) in [5.74, 6) is 0.120. The van der Waals surface area contributed by atoms with Crippen molar-refractivity contribution in [2.75, 3.05) is 43.6 Å². The number of carbonyl (C=O) groups is 2. The number of ether oxygens (including phenoxy) is 3. The lowest BCUT2D eigenvalue weighted by Gasteiger charge is -2.23. The second-order valence-electron chi connectivity index (χ2n) is 5.07. The van der Waals surface area contributed by atoms with E-state index in [1.165, 1.54) is 0 Å². The molecule has 8 nitrogen and oxygen atoms in total. The van der Waals surface area contributed by atoms with Gasteiger partial charge in [0.25, 0.3) is 5.91 Å². The number of anilines is 2. The van der Waals surface area contributed by atoms with Crippen molar-refractivity contribution in [3.63, 3.8) is 0 Å². The molecule has 0 aliphatic carbocycles. The van der Waals surface area contributed by atoms with Crippen LogP contribution in [0, 0.1) is 0 Å². The summed E-state index contributed by atoms with van der Waals surface area (Å²) in [6, 6.07) is 2.73. The predicted octanol–water partition coefficient (Wildman–Crippen LogP) is 1.21. The zero-order chi connectivity index (χ0) is 16.2. The van der Waals surface area contributed by atoms with E-state index in [-0.39, 0.29) is 18.6 Å². The molecule has 2 aliphatic rings. The molecule has 3 amide bonds. The third-order valence-corrected chi connectivity index (χ3v) is 3.58. The first-order valence-electron chi connectivity index (χ1n) is 7.12. The van der Waals surface area contributed by atoms with E-state index in [1.54, 1.807) is 12.1 Å². The molecule has 0 unspecified atom stereocenters. The van der Waals surface area contributed by atoms with Crippen molar-refractivity contribution in [3.8, 4) is 5.75 Å². The Labute approximate surface area is 137 Å². The molecule has 9 heteroatoms. The maximum Gasteiger partial charge on any atom is 0.319 e. The van der Waals surface area contributed by atoms with E-state index < -0.39 is 6.03 Å². The van der Waals surface area contributed by atoms with E-state index in [0.717, 1.165) is 0 Å². The Balaban J connectivity index is 1.58. The predicted molar refractivity (Wildman–Crippen MR) is 83.2 cm³/mol. The topological polar surface area (TPSA) is 97.9 Å². The van der Waals surface area contributed by atoms with Crippen molar-refractivity contribution in [1.82, 2.24) is 5.32 Å². The highest BCUT2D eigenvalue weighted by molar-refractivity contribution is 6.33. The summed E-state index contributed by atoms with van der Waals surface area (Å²) in [5.41, 5.74) is 0.867. The number of hydrogen-bond donors (Lipinski definition) is 3. The van der Waals surface area contributed by atoms with Crippen molar-refractivity contribution in [2.45, 2.75) is 6.10 Å². The van der Waals surface area contributed by atoms with Gasteiger partial charge in [-0.2, -0.15) is 0 Å². The van der Waals surface area contributed by atoms with Crippen LogP contribution in [-0.4, -0.2) is 51.0 Å². The fraction of sp³-hybridized carbons (Fsp3) is 0.429. The van der Waals surface area contributed by atoms with Crippen LogP contribution in [0.1, 0.15) is 0 Å². The van der Waals surface area contributed by atoms with E-state index in [2.05, 4.69) is 16.0 Å². The number of urea groups is 1. The van der Waals surface area contributed by atoms with Crippen LogP contribution in [0.15, 0.2) is 12.1 Å². The smallest absolute Gasteiger partial charge is 0.319 e. The lowest BCUT2D eigenvalue weighted by Crippen LogP contribution is -2.41. The number of hydrogen-bond acceptors (Lipinski definition) is 5.